The third-order valence-electron chi connectivity index (χ3n) is 4.28. The van der Waals surface area contributed by atoms with Gasteiger partial charge in [0.25, 0.3) is 0 Å². The average Bonchev–Trinajstić information content (AvgIpc) is 2.97. The number of aryl methyl sites for hydroxylation is 2. The quantitative estimate of drug-likeness (QED) is 0.907. The van der Waals surface area contributed by atoms with Crippen molar-refractivity contribution in [3.63, 3.8) is 0 Å². The van der Waals surface area contributed by atoms with Crippen LogP contribution in [0.1, 0.15) is 23.2 Å². The molecule has 0 aliphatic carbocycles. The van der Waals surface area contributed by atoms with E-state index in [2.05, 4.69) is 17.2 Å². The summed E-state index contributed by atoms with van der Waals surface area (Å²) in [5.41, 5.74) is 3.10. The highest BCUT2D eigenvalue weighted by Crippen LogP contribution is 2.18. The topological polar surface area (TPSA) is 65.5 Å². The van der Waals surface area contributed by atoms with Gasteiger partial charge in [-0.15, -0.1) is 0 Å². The van der Waals surface area contributed by atoms with E-state index in [1.165, 1.54) is 5.56 Å². The first kappa shape index (κ1) is 16.3. The zero-order valence-corrected chi connectivity index (χ0v) is 14.1. The average molecular weight is 325 g/mol. The molecule has 1 saturated heterocycles. The van der Waals surface area contributed by atoms with Gasteiger partial charge in [-0.25, -0.2) is 4.98 Å². The van der Waals surface area contributed by atoms with Crippen molar-refractivity contribution in [1.29, 1.82) is 0 Å². The molecule has 24 heavy (non-hydrogen) atoms. The van der Waals surface area contributed by atoms with Crippen LogP contribution >= 0.6 is 0 Å². The van der Waals surface area contributed by atoms with Gasteiger partial charge in [0.05, 0.1) is 6.42 Å². The van der Waals surface area contributed by atoms with Crippen molar-refractivity contribution in [1.82, 2.24) is 9.88 Å². The molecule has 5 nitrogen and oxygen atoms in total. The van der Waals surface area contributed by atoms with Crippen LogP contribution in [0.3, 0.4) is 0 Å². The van der Waals surface area contributed by atoms with E-state index in [4.69, 9.17) is 0 Å². The second-order valence-electron chi connectivity index (χ2n) is 6.48. The lowest BCUT2D eigenvalue weighted by atomic mass is 10.1. The molecule has 1 amide bonds. The SMILES string of the molecule is Cc1cc(C)nc(NC2CCN(C(=O)Cc3ccc(O)cc3)C2)c1. The number of carbonyl (C=O) groups excluding carboxylic acids is 1. The minimum Gasteiger partial charge on any atom is -0.508 e. The molecule has 0 radical (unpaired) electrons. The number of aromatic hydroxyl groups is 1. The fourth-order valence-electron chi connectivity index (χ4n) is 3.13. The van der Waals surface area contributed by atoms with Gasteiger partial charge in [0, 0.05) is 24.8 Å². The smallest absolute Gasteiger partial charge is 0.227 e. The van der Waals surface area contributed by atoms with E-state index >= 15 is 0 Å². The summed E-state index contributed by atoms with van der Waals surface area (Å²) in [4.78, 5) is 18.8. The Hall–Kier alpha value is -2.56. The van der Waals surface area contributed by atoms with Gasteiger partial charge in [0.2, 0.25) is 5.91 Å². The highest BCUT2D eigenvalue weighted by molar-refractivity contribution is 5.79. The Balaban J connectivity index is 1.56. The summed E-state index contributed by atoms with van der Waals surface area (Å²) in [5, 5.41) is 12.7. The molecule has 1 aliphatic heterocycles. The highest BCUT2D eigenvalue weighted by Gasteiger charge is 2.26. The van der Waals surface area contributed by atoms with Gasteiger partial charge in [-0.3, -0.25) is 4.79 Å². The molecule has 1 aromatic heterocycles. The van der Waals surface area contributed by atoms with Crippen LogP contribution in [0, 0.1) is 13.8 Å². The lowest BCUT2D eigenvalue weighted by Crippen LogP contribution is -2.32. The summed E-state index contributed by atoms with van der Waals surface area (Å²) < 4.78 is 0. The number of nitrogens with zero attached hydrogens (tertiary/aromatic N) is 2. The minimum absolute atomic E-state index is 0.123. The summed E-state index contributed by atoms with van der Waals surface area (Å²) in [6, 6.07) is 11.1. The summed E-state index contributed by atoms with van der Waals surface area (Å²) >= 11 is 0. The molecular weight excluding hydrogens is 302 g/mol. The van der Waals surface area contributed by atoms with Crippen LogP contribution < -0.4 is 5.32 Å². The molecule has 1 unspecified atom stereocenters. The van der Waals surface area contributed by atoms with Gasteiger partial charge >= 0.3 is 0 Å². The largest absolute Gasteiger partial charge is 0.508 e. The van der Waals surface area contributed by atoms with Crippen LogP contribution in [-0.2, 0) is 11.2 Å². The molecular formula is C19H23N3O2. The number of phenolic OH excluding ortho intramolecular Hbond substituents is 1. The molecule has 2 aromatic rings. The molecule has 1 aromatic carbocycles. The van der Waals surface area contributed by atoms with Gasteiger partial charge < -0.3 is 15.3 Å². The molecule has 2 heterocycles. The number of pyridine rings is 1. The predicted octanol–water partition coefficient (Wildman–Crippen LogP) is 2.66. The minimum atomic E-state index is 0.123. The number of anilines is 1. The van der Waals surface area contributed by atoms with Crippen LogP contribution in [0.4, 0.5) is 5.82 Å². The van der Waals surface area contributed by atoms with Crippen molar-refractivity contribution in [2.24, 2.45) is 0 Å². The maximum Gasteiger partial charge on any atom is 0.227 e. The number of phenols is 1. The van der Waals surface area contributed by atoms with Gasteiger partial charge in [0.15, 0.2) is 0 Å². The summed E-state index contributed by atoms with van der Waals surface area (Å²) in [7, 11) is 0. The number of carbonyl (C=O) groups is 1. The third-order valence-corrected chi connectivity index (χ3v) is 4.28. The Labute approximate surface area is 142 Å². The van der Waals surface area contributed by atoms with Crippen LogP contribution in [0.2, 0.25) is 0 Å². The molecule has 0 spiro atoms. The maximum atomic E-state index is 12.4. The number of hydrogen-bond acceptors (Lipinski definition) is 4. The summed E-state index contributed by atoms with van der Waals surface area (Å²) in [5.74, 6) is 1.22. The number of benzene rings is 1. The van der Waals surface area contributed by atoms with Crippen LogP contribution in [-0.4, -0.2) is 40.0 Å². The Morgan fingerprint density at radius 1 is 1.29 bits per heavy atom. The normalized spacial score (nSPS) is 17.1. The summed E-state index contributed by atoms with van der Waals surface area (Å²) in [6.45, 7) is 5.51. The van der Waals surface area contributed by atoms with Gasteiger partial charge in [-0.2, -0.15) is 0 Å². The van der Waals surface area contributed by atoms with E-state index in [0.717, 1.165) is 30.0 Å². The summed E-state index contributed by atoms with van der Waals surface area (Å²) in [6.07, 6.45) is 1.30. The first-order valence-electron chi connectivity index (χ1n) is 8.27. The monoisotopic (exact) mass is 325 g/mol. The zero-order valence-electron chi connectivity index (χ0n) is 14.1. The van der Waals surface area contributed by atoms with Crippen LogP contribution in [0.25, 0.3) is 0 Å². The number of rotatable bonds is 4. The Morgan fingerprint density at radius 2 is 2.04 bits per heavy atom. The third kappa shape index (κ3) is 4.04. The fourth-order valence-corrected chi connectivity index (χ4v) is 3.13. The number of nitrogens with one attached hydrogen (secondary N) is 1. The lowest BCUT2D eigenvalue weighted by molar-refractivity contribution is -0.129. The van der Waals surface area contributed by atoms with Crippen LogP contribution in [0.15, 0.2) is 36.4 Å². The molecule has 5 heteroatoms. The number of hydrogen-bond donors (Lipinski definition) is 2. The highest BCUT2D eigenvalue weighted by atomic mass is 16.3. The van der Waals surface area contributed by atoms with Crippen molar-refractivity contribution in [2.75, 3.05) is 18.4 Å². The van der Waals surface area contributed by atoms with E-state index in [9.17, 15) is 9.90 Å². The van der Waals surface area contributed by atoms with E-state index < -0.39 is 0 Å². The number of amides is 1. The van der Waals surface area contributed by atoms with E-state index in [1.54, 1.807) is 24.3 Å². The molecule has 3 rings (SSSR count). The van der Waals surface area contributed by atoms with Crippen molar-refractivity contribution >= 4 is 11.7 Å². The molecule has 126 valence electrons. The predicted molar refractivity (Wildman–Crippen MR) is 94.1 cm³/mol. The van der Waals surface area contributed by atoms with Gasteiger partial charge in [-0.1, -0.05) is 12.1 Å². The first-order valence-corrected chi connectivity index (χ1v) is 8.27. The second-order valence-corrected chi connectivity index (χ2v) is 6.48. The molecule has 0 saturated carbocycles. The molecule has 1 fully saturated rings. The Bertz CT molecular complexity index is 708. The Kier molecular flexibility index (Phi) is 4.69. The Morgan fingerprint density at radius 3 is 2.75 bits per heavy atom. The first-order chi connectivity index (χ1) is 11.5. The van der Waals surface area contributed by atoms with Crippen molar-refractivity contribution < 1.29 is 9.90 Å². The number of likely N-dealkylation sites (tertiary alicyclic amines) is 1. The van der Waals surface area contributed by atoms with Crippen molar-refractivity contribution in [2.45, 2.75) is 32.7 Å². The van der Waals surface area contributed by atoms with Crippen molar-refractivity contribution in [3.8, 4) is 5.75 Å². The van der Waals surface area contributed by atoms with Gasteiger partial charge in [-0.05, 0) is 55.7 Å². The zero-order chi connectivity index (χ0) is 17.1. The number of aromatic nitrogens is 1. The maximum absolute atomic E-state index is 12.4. The van der Waals surface area contributed by atoms with Crippen molar-refractivity contribution in [3.05, 3.63) is 53.2 Å². The van der Waals surface area contributed by atoms with Crippen LogP contribution in [0.5, 0.6) is 5.75 Å². The second kappa shape index (κ2) is 6.91. The standard InChI is InChI=1S/C19H23N3O2/c1-13-9-14(2)20-18(10-13)21-16-7-8-22(12-16)19(24)11-15-3-5-17(23)6-4-15/h3-6,9-10,16,23H,7-8,11-12H2,1-2H3,(H,20,21). The molecule has 1 aliphatic rings. The fraction of sp³-hybridized carbons (Fsp3) is 0.368. The lowest BCUT2D eigenvalue weighted by Gasteiger charge is -2.18. The molecule has 1 atom stereocenters. The van der Waals surface area contributed by atoms with E-state index in [-0.39, 0.29) is 17.7 Å². The van der Waals surface area contributed by atoms with Gasteiger partial charge in [0.1, 0.15) is 11.6 Å². The van der Waals surface area contributed by atoms with E-state index in [0.29, 0.717) is 13.0 Å². The van der Waals surface area contributed by atoms with E-state index in [1.807, 2.05) is 24.0 Å². The molecule has 0 bridgehead atoms. The molecule has 2 N–H and O–H groups in total.